The molecular formula is C9H14N4O. The maximum Gasteiger partial charge on any atom is 0.155 e. The van der Waals surface area contributed by atoms with E-state index >= 15 is 0 Å². The van der Waals surface area contributed by atoms with Crippen LogP contribution in [0.4, 0.5) is 5.82 Å². The molecule has 1 fully saturated rings. The molecule has 0 bridgehead atoms. The van der Waals surface area contributed by atoms with E-state index in [1.54, 1.807) is 6.20 Å². The topological polar surface area (TPSA) is 64.3 Å². The van der Waals surface area contributed by atoms with E-state index in [9.17, 15) is 0 Å². The molecule has 0 aromatic carbocycles. The molecule has 1 saturated heterocycles. The van der Waals surface area contributed by atoms with Crippen LogP contribution in [-0.2, 0) is 11.3 Å². The van der Waals surface area contributed by atoms with Crippen LogP contribution < -0.4 is 10.6 Å². The molecule has 0 aliphatic carbocycles. The van der Waals surface area contributed by atoms with Crippen LogP contribution >= 0.6 is 0 Å². The first-order valence-corrected chi connectivity index (χ1v) is 4.75. The molecule has 5 heteroatoms. The Morgan fingerprint density at radius 3 is 2.93 bits per heavy atom. The molecule has 0 amide bonds. The van der Waals surface area contributed by atoms with Crippen LogP contribution in [0.1, 0.15) is 5.56 Å². The SMILES string of the molecule is NCc1ccnnc1N1CCOCC1. The summed E-state index contributed by atoms with van der Waals surface area (Å²) in [4.78, 5) is 2.17. The third-order valence-electron chi connectivity index (χ3n) is 2.31. The molecule has 2 heterocycles. The summed E-state index contributed by atoms with van der Waals surface area (Å²) in [6, 6.07) is 1.91. The zero-order chi connectivity index (χ0) is 9.80. The molecule has 2 N–H and O–H groups in total. The van der Waals surface area contributed by atoms with Crippen LogP contribution in [0.15, 0.2) is 12.3 Å². The first-order chi connectivity index (χ1) is 6.92. The van der Waals surface area contributed by atoms with Gasteiger partial charge in [0.1, 0.15) is 0 Å². The standard InChI is InChI=1S/C9H14N4O/c10-7-8-1-2-11-12-9(8)13-3-5-14-6-4-13/h1-2H,3-7,10H2. The Balaban J connectivity index is 2.20. The predicted octanol–water partition coefficient (Wildman–Crippen LogP) is -0.228. The second kappa shape index (κ2) is 4.34. The molecule has 1 aliphatic rings. The molecule has 0 atom stereocenters. The van der Waals surface area contributed by atoms with Crippen molar-refractivity contribution in [2.45, 2.75) is 6.54 Å². The van der Waals surface area contributed by atoms with E-state index in [-0.39, 0.29) is 0 Å². The van der Waals surface area contributed by atoms with Gasteiger partial charge in [0.2, 0.25) is 0 Å². The Kier molecular flexibility index (Phi) is 2.90. The van der Waals surface area contributed by atoms with Gasteiger partial charge in [-0.15, -0.1) is 5.10 Å². The van der Waals surface area contributed by atoms with Crippen molar-refractivity contribution in [3.8, 4) is 0 Å². The van der Waals surface area contributed by atoms with Crippen LogP contribution in [0.3, 0.4) is 0 Å². The zero-order valence-corrected chi connectivity index (χ0v) is 8.02. The van der Waals surface area contributed by atoms with Crippen molar-refractivity contribution in [1.82, 2.24) is 10.2 Å². The second-order valence-electron chi connectivity index (χ2n) is 3.18. The van der Waals surface area contributed by atoms with E-state index in [0.29, 0.717) is 6.54 Å². The third kappa shape index (κ3) is 1.83. The molecule has 2 rings (SSSR count). The number of anilines is 1. The Morgan fingerprint density at radius 2 is 2.21 bits per heavy atom. The van der Waals surface area contributed by atoms with Crippen molar-refractivity contribution in [2.24, 2.45) is 5.73 Å². The lowest BCUT2D eigenvalue weighted by atomic mass is 10.2. The molecular weight excluding hydrogens is 180 g/mol. The average molecular weight is 194 g/mol. The van der Waals surface area contributed by atoms with Gasteiger partial charge in [-0.2, -0.15) is 5.10 Å². The van der Waals surface area contributed by atoms with Gasteiger partial charge in [0, 0.05) is 25.2 Å². The lowest BCUT2D eigenvalue weighted by molar-refractivity contribution is 0.122. The largest absolute Gasteiger partial charge is 0.378 e. The van der Waals surface area contributed by atoms with Crippen LogP contribution in [0, 0.1) is 0 Å². The van der Waals surface area contributed by atoms with Crippen molar-refractivity contribution < 1.29 is 4.74 Å². The normalized spacial score (nSPS) is 17.1. The maximum absolute atomic E-state index is 5.63. The summed E-state index contributed by atoms with van der Waals surface area (Å²) >= 11 is 0. The fourth-order valence-corrected chi connectivity index (χ4v) is 1.55. The number of nitrogens with two attached hydrogens (primary N) is 1. The number of rotatable bonds is 2. The lowest BCUT2D eigenvalue weighted by Gasteiger charge is -2.28. The van der Waals surface area contributed by atoms with Crippen molar-refractivity contribution in [2.75, 3.05) is 31.2 Å². The highest BCUT2D eigenvalue weighted by molar-refractivity contribution is 5.45. The number of ether oxygens (including phenoxy) is 1. The summed E-state index contributed by atoms with van der Waals surface area (Å²) in [6.45, 7) is 3.74. The number of hydrogen-bond donors (Lipinski definition) is 1. The number of hydrogen-bond acceptors (Lipinski definition) is 5. The fourth-order valence-electron chi connectivity index (χ4n) is 1.55. The van der Waals surface area contributed by atoms with Crippen LogP contribution in [0.2, 0.25) is 0 Å². The van der Waals surface area contributed by atoms with Gasteiger partial charge in [-0.3, -0.25) is 0 Å². The van der Waals surface area contributed by atoms with Gasteiger partial charge in [0.05, 0.1) is 19.4 Å². The first kappa shape index (κ1) is 9.36. The molecule has 0 unspecified atom stereocenters. The maximum atomic E-state index is 5.63. The van der Waals surface area contributed by atoms with Crippen molar-refractivity contribution >= 4 is 5.82 Å². The second-order valence-corrected chi connectivity index (χ2v) is 3.18. The number of nitrogens with zero attached hydrogens (tertiary/aromatic N) is 3. The summed E-state index contributed by atoms with van der Waals surface area (Å²) in [7, 11) is 0. The molecule has 1 aromatic heterocycles. The molecule has 0 saturated carbocycles. The minimum Gasteiger partial charge on any atom is -0.378 e. The van der Waals surface area contributed by atoms with Gasteiger partial charge < -0.3 is 15.4 Å². The van der Waals surface area contributed by atoms with Gasteiger partial charge in [-0.05, 0) is 6.07 Å². The van der Waals surface area contributed by atoms with E-state index < -0.39 is 0 Å². The molecule has 1 aliphatic heterocycles. The van der Waals surface area contributed by atoms with E-state index in [4.69, 9.17) is 10.5 Å². The van der Waals surface area contributed by atoms with E-state index in [2.05, 4.69) is 15.1 Å². The van der Waals surface area contributed by atoms with Crippen molar-refractivity contribution in [1.29, 1.82) is 0 Å². The van der Waals surface area contributed by atoms with E-state index in [0.717, 1.165) is 37.7 Å². The zero-order valence-electron chi connectivity index (χ0n) is 8.02. The summed E-state index contributed by atoms with van der Waals surface area (Å²) in [5.41, 5.74) is 6.68. The summed E-state index contributed by atoms with van der Waals surface area (Å²) in [5.74, 6) is 0.901. The molecule has 1 aromatic rings. The van der Waals surface area contributed by atoms with Gasteiger partial charge in [-0.25, -0.2) is 0 Å². The van der Waals surface area contributed by atoms with Crippen molar-refractivity contribution in [3.05, 3.63) is 17.8 Å². The van der Waals surface area contributed by atoms with Crippen LogP contribution in [0.25, 0.3) is 0 Å². The third-order valence-corrected chi connectivity index (χ3v) is 2.31. The minimum atomic E-state index is 0.502. The first-order valence-electron chi connectivity index (χ1n) is 4.75. The molecule has 0 radical (unpaired) electrons. The Bertz CT molecular complexity index is 299. The minimum absolute atomic E-state index is 0.502. The van der Waals surface area contributed by atoms with Gasteiger partial charge in [0.25, 0.3) is 0 Å². The smallest absolute Gasteiger partial charge is 0.155 e. The predicted molar refractivity (Wildman–Crippen MR) is 53.0 cm³/mol. The highest BCUT2D eigenvalue weighted by atomic mass is 16.5. The lowest BCUT2D eigenvalue weighted by Crippen LogP contribution is -2.37. The molecule has 14 heavy (non-hydrogen) atoms. The molecule has 0 spiro atoms. The van der Waals surface area contributed by atoms with Gasteiger partial charge >= 0.3 is 0 Å². The monoisotopic (exact) mass is 194 g/mol. The van der Waals surface area contributed by atoms with Gasteiger partial charge in [-0.1, -0.05) is 0 Å². The van der Waals surface area contributed by atoms with Crippen LogP contribution in [-0.4, -0.2) is 36.5 Å². The summed E-state index contributed by atoms with van der Waals surface area (Å²) in [6.07, 6.45) is 1.67. The highest BCUT2D eigenvalue weighted by Crippen LogP contribution is 2.16. The average Bonchev–Trinajstić information content (AvgIpc) is 2.30. The summed E-state index contributed by atoms with van der Waals surface area (Å²) in [5, 5.41) is 7.99. The van der Waals surface area contributed by atoms with Crippen LogP contribution in [0.5, 0.6) is 0 Å². The van der Waals surface area contributed by atoms with Crippen molar-refractivity contribution in [3.63, 3.8) is 0 Å². The van der Waals surface area contributed by atoms with E-state index in [1.807, 2.05) is 6.07 Å². The Morgan fingerprint density at radius 1 is 1.43 bits per heavy atom. The molecule has 76 valence electrons. The Hall–Kier alpha value is -1.20. The fraction of sp³-hybridized carbons (Fsp3) is 0.556. The molecule has 5 nitrogen and oxygen atoms in total. The van der Waals surface area contributed by atoms with Gasteiger partial charge in [0.15, 0.2) is 5.82 Å². The van der Waals surface area contributed by atoms with E-state index in [1.165, 1.54) is 0 Å². The highest BCUT2D eigenvalue weighted by Gasteiger charge is 2.15. The quantitative estimate of drug-likeness (QED) is 0.704. The number of aromatic nitrogens is 2. The Labute approximate surface area is 82.9 Å². The number of morpholine rings is 1. The summed E-state index contributed by atoms with van der Waals surface area (Å²) < 4.78 is 5.27.